The Hall–Kier alpha value is -2.48. The molecular formula is C13H12FN3O3S. The molecule has 0 aromatic carbocycles. The summed E-state index contributed by atoms with van der Waals surface area (Å²) in [6, 6.07) is 0.585. The zero-order valence-electron chi connectivity index (χ0n) is 11.2. The van der Waals surface area contributed by atoms with Crippen LogP contribution < -0.4 is 10.6 Å². The van der Waals surface area contributed by atoms with Crippen molar-refractivity contribution in [2.45, 2.75) is 13.8 Å². The van der Waals surface area contributed by atoms with Gasteiger partial charge in [-0.15, -0.1) is 11.3 Å². The molecule has 0 aliphatic carbocycles. The van der Waals surface area contributed by atoms with Gasteiger partial charge in [-0.2, -0.15) is 0 Å². The summed E-state index contributed by atoms with van der Waals surface area (Å²) in [6.07, 6.45) is 2.30. The molecule has 0 saturated carbocycles. The summed E-state index contributed by atoms with van der Waals surface area (Å²) in [4.78, 5) is 27.4. The van der Waals surface area contributed by atoms with E-state index in [4.69, 9.17) is 0 Å². The average molecular weight is 309 g/mol. The van der Waals surface area contributed by atoms with Crippen molar-refractivity contribution in [1.82, 2.24) is 4.98 Å². The number of anilines is 2. The first-order valence-electron chi connectivity index (χ1n) is 5.91. The summed E-state index contributed by atoms with van der Waals surface area (Å²) in [5.41, 5.74) is 0.602. The second kappa shape index (κ2) is 5.88. The highest BCUT2D eigenvalue weighted by atomic mass is 32.1. The summed E-state index contributed by atoms with van der Waals surface area (Å²) >= 11 is 1.15. The Morgan fingerprint density at radius 1 is 1.33 bits per heavy atom. The van der Waals surface area contributed by atoms with Crippen LogP contribution in [0.3, 0.4) is 0 Å². The predicted molar refractivity (Wildman–Crippen MR) is 77.6 cm³/mol. The lowest BCUT2D eigenvalue weighted by Gasteiger charge is -2.07. The molecule has 0 fully saturated rings. The van der Waals surface area contributed by atoms with E-state index in [2.05, 4.69) is 15.6 Å². The molecule has 0 saturated heterocycles. The number of carboxylic acids is 1. The average Bonchev–Trinajstić information content (AvgIpc) is 2.67. The lowest BCUT2D eigenvalue weighted by atomic mass is 10.1. The topological polar surface area (TPSA) is 91.3 Å². The zero-order chi connectivity index (χ0) is 15.6. The molecule has 2 heterocycles. The van der Waals surface area contributed by atoms with Crippen molar-refractivity contribution < 1.29 is 19.1 Å². The number of halogens is 1. The van der Waals surface area contributed by atoms with E-state index in [9.17, 15) is 19.1 Å². The molecule has 2 rings (SSSR count). The number of aryl methyl sites for hydroxylation is 1. The fourth-order valence-corrected chi connectivity index (χ4v) is 2.75. The van der Waals surface area contributed by atoms with Crippen LogP contribution in [0.2, 0.25) is 0 Å². The number of urea groups is 1. The molecular weight excluding hydrogens is 297 g/mol. The SMILES string of the molecule is Cc1sc(NC(=O)Nc2ccncc2F)c(C(=O)O)c1C. The monoisotopic (exact) mass is 309 g/mol. The number of hydrogen-bond donors (Lipinski definition) is 3. The fraction of sp³-hybridized carbons (Fsp3) is 0.154. The Morgan fingerprint density at radius 2 is 2.05 bits per heavy atom. The van der Waals surface area contributed by atoms with Crippen LogP contribution in [0.1, 0.15) is 20.8 Å². The van der Waals surface area contributed by atoms with Crippen LogP contribution in [0.4, 0.5) is 19.9 Å². The number of pyridine rings is 1. The Labute approximate surface area is 123 Å². The molecule has 0 atom stereocenters. The van der Waals surface area contributed by atoms with E-state index < -0.39 is 17.8 Å². The molecule has 21 heavy (non-hydrogen) atoms. The van der Waals surface area contributed by atoms with Gasteiger partial charge in [0, 0.05) is 11.1 Å². The van der Waals surface area contributed by atoms with E-state index in [1.54, 1.807) is 13.8 Å². The van der Waals surface area contributed by atoms with Crippen molar-refractivity contribution in [2.75, 3.05) is 10.6 Å². The summed E-state index contributed by atoms with van der Waals surface area (Å²) in [5, 5.41) is 14.1. The van der Waals surface area contributed by atoms with Crippen molar-refractivity contribution in [3.63, 3.8) is 0 Å². The van der Waals surface area contributed by atoms with Crippen LogP contribution in [0.15, 0.2) is 18.5 Å². The molecule has 2 amide bonds. The van der Waals surface area contributed by atoms with Gasteiger partial charge in [0.05, 0.1) is 17.4 Å². The van der Waals surface area contributed by atoms with Gasteiger partial charge in [0.15, 0.2) is 5.82 Å². The number of carboxylic acid groups (broad SMARTS) is 1. The molecule has 6 nitrogen and oxygen atoms in total. The zero-order valence-corrected chi connectivity index (χ0v) is 12.0. The summed E-state index contributed by atoms with van der Waals surface area (Å²) in [5.74, 6) is -1.80. The van der Waals surface area contributed by atoms with E-state index in [0.717, 1.165) is 22.4 Å². The van der Waals surface area contributed by atoms with Gasteiger partial charge in [0.25, 0.3) is 0 Å². The minimum atomic E-state index is -1.12. The number of carbonyl (C=O) groups is 2. The van der Waals surface area contributed by atoms with Crippen LogP contribution >= 0.6 is 11.3 Å². The lowest BCUT2D eigenvalue weighted by Crippen LogP contribution is -2.20. The molecule has 0 bridgehead atoms. The van der Waals surface area contributed by atoms with Crippen LogP contribution in [0.5, 0.6) is 0 Å². The van der Waals surface area contributed by atoms with Gasteiger partial charge in [0.1, 0.15) is 5.00 Å². The van der Waals surface area contributed by atoms with E-state index in [0.29, 0.717) is 5.56 Å². The molecule has 0 unspecified atom stereocenters. The molecule has 2 aromatic rings. The third kappa shape index (κ3) is 3.16. The maximum atomic E-state index is 13.4. The maximum Gasteiger partial charge on any atom is 0.338 e. The van der Waals surface area contributed by atoms with Crippen molar-refractivity contribution in [1.29, 1.82) is 0 Å². The van der Waals surface area contributed by atoms with Gasteiger partial charge in [-0.3, -0.25) is 10.3 Å². The maximum absolute atomic E-state index is 13.4. The third-order valence-corrected chi connectivity index (χ3v) is 3.97. The number of aromatic carboxylic acids is 1. The lowest BCUT2D eigenvalue weighted by molar-refractivity contribution is 0.0697. The largest absolute Gasteiger partial charge is 0.478 e. The van der Waals surface area contributed by atoms with Gasteiger partial charge in [-0.25, -0.2) is 14.0 Å². The van der Waals surface area contributed by atoms with Crippen molar-refractivity contribution in [2.24, 2.45) is 0 Å². The summed E-state index contributed by atoms with van der Waals surface area (Å²) in [7, 11) is 0. The number of rotatable bonds is 3. The number of hydrogen-bond acceptors (Lipinski definition) is 4. The first-order chi connectivity index (χ1) is 9.90. The van der Waals surface area contributed by atoms with Crippen molar-refractivity contribution in [3.05, 3.63) is 40.3 Å². The quantitative estimate of drug-likeness (QED) is 0.811. The highest BCUT2D eigenvalue weighted by Gasteiger charge is 2.20. The molecule has 0 spiro atoms. The number of nitrogens with one attached hydrogen (secondary N) is 2. The van der Waals surface area contributed by atoms with Gasteiger partial charge >= 0.3 is 12.0 Å². The molecule has 110 valence electrons. The van der Waals surface area contributed by atoms with Crippen LogP contribution in [-0.2, 0) is 0 Å². The second-order valence-corrected chi connectivity index (χ2v) is 5.45. The minimum absolute atomic E-state index is 0.0376. The van der Waals surface area contributed by atoms with Gasteiger partial charge in [-0.05, 0) is 25.5 Å². The van der Waals surface area contributed by atoms with Gasteiger partial charge < -0.3 is 10.4 Å². The number of nitrogens with zero attached hydrogens (tertiary/aromatic N) is 1. The summed E-state index contributed by atoms with van der Waals surface area (Å²) in [6.45, 7) is 3.43. The first kappa shape index (κ1) is 14.9. The van der Waals surface area contributed by atoms with E-state index in [1.165, 1.54) is 12.3 Å². The van der Waals surface area contributed by atoms with E-state index in [1.807, 2.05) is 0 Å². The number of carbonyl (C=O) groups excluding carboxylic acids is 1. The molecule has 0 aliphatic heterocycles. The van der Waals surface area contributed by atoms with Crippen LogP contribution in [0.25, 0.3) is 0 Å². The minimum Gasteiger partial charge on any atom is -0.478 e. The van der Waals surface area contributed by atoms with Crippen molar-refractivity contribution in [3.8, 4) is 0 Å². The summed E-state index contributed by atoms with van der Waals surface area (Å²) < 4.78 is 13.4. The highest BCUT2D eigenvalue weighted by Crippen LogP contribution is 2.32. The Balaban J connectivity index is 2.19. The van der Waals surface area contributed by atoms with Crippen molar-refractivity contribution >= 4 is 34.0 Å². The Bertz CT molecular complexity index is 715. The van der Waals surface area contributed by atoms with Gasteiger partial charge in [-0.1, -0.05) is 0 Å². The van der Waals surface area contributed by atoms with E-state index >= 15 is 0 Å². The molecule has 0 aliphatic rings. The molecule has 8 heteroatoms. The van der Waals surface area contributed by atoms with Crippen LogP contribution in [-0.4, -0.2) is 22.1 Å². The Morgan fingerprint density at radius 3 is 2.67 bits per heavy atom. The van der Waals surface area contributed by atoms with Crippen LogP contribution in [0, 0.1) is 19.7 Å². The second-order valence-electron chi connectivity index (χ2n) is 4.23. The molecule has 0 radical (unpaired) electrons. The number of amides is 2. The highest BCUT2D eigenvalue weighted by molar-refractivity contribution is 7.16. The smallest absolute Gasteiger partial charge is 0.338 e. The third-order valence-electron chi connectivity index (χ3n) is 2.85. The molecule has 3 N–H and O–H groups in total. The number of aromatic nitrogens is 1. The predicted octanol–water partition coefficient (Wildman–Crippen LogP) is 3.24. The Kier molecular flexibility index (Phi) is 4.18. The number of thiophene rings is 1. The molecule has 2 aromatic heterocycles. The fourth-order valence-electron chi connectivity index (χ4n) is 1.71. The van der Waals surface area contributed by atoms with Gasteiger partial charge in [0.2, 0.25) is 0 Å². The normalized spacial score (nSPS) is 10.2. The van der Waals surface area contributed by atoms with E-state index in [-0.39, 0.29) is 16.3 Å². The standard InChI is InChI=1S/C13H12FN3O3S/c1-6-7(2)21-11(10(6)12(18)19)17-13(20)16-9-3-4-15-5-8(9)14/h3-5H,1-2H3,(H,18,19)(H2,15,16,17,20). The first-order valence-corrected chi connectivity index (χ1v) is 6.72.